The second kappa shape index (κ2) is 2.27. The predicted octanol–water partition coefficient (Wildman–Crippen LogP) is 0.993. The third-order valence-corrected chi connectivity index (χ3v) is 2.35. The fourth-order valence-corrected chi connectivity index (χ4v) is 1.57. The molecule has 2 fully saturated rings. The van der Waals surface area contributed by atoms with E-state index in [1.165, 1.54) is 12.8 Å². The van der Waals surface area contributed by atoms with Gasteiger partial charge in [-0.05, 0) is 19.0 Å². The van der Waals surface area contributed by atoms with Gasteiger partial charge in [0.15, 0.2) is 0 Å². The fourth-order valence-electron chi connectivity index (χ4n) is 1.57. The van der Waals surface area contributed by atoms with Gasteiger partial charge in [-0.2, -0.15) is 0 Å². The highest BCUT2D eigenvalue weighted by Crippen LogP contribution is 2.31. The van der Waals surface area contributed by atoms with Crippen molar-refractivity contribution in [3.05, 3.63) is 12.8 Å². The standard InChI is InChI=1S/C8H13NO/c1-2-9-5-3-7-8(10-7)4-6-9/h2,7-8H,1,3-6H2. The molecule has 0 bridgehead atoms. The quantitative estimate of drug-likeness (QED) is 0.503. The number of hydrogen-bond donors (Lipinski definition) is 0. The molecule has 2 atom stereocenters. The van der Waals surface area contributed by atoms with Crippen LogP contribution in [-0.2, 0) is 4.74 Å². The molecule has 2 unspecified atom stereocenters. The van der Waals surface area contributed by atoms with Crippen LogP contribution in [0.5, 0.6) is 0 Å². The van der Waals surface area contributed by atoms with Gasteiger partial charge in [0.1, 0.15) is 0 Å². The van der Waals surface area contributed by atoms with Gasteiger partial charge in [-0.15, -0.1) is 0 Å². The lowest BCUT2D eigenvalue weighted by molar-refractivity contribution is 0.283. The lowest BCUT2D eigenvalue weighted by Gasteiger charge is -2.16. The van der Waals surface area contributed by atoms with E-state index >= 15 is 0 Å². The van der Waals surface area contributed by atoms with Crippen molar-refractivity contribution < 1.29 is 4.74 Å². The SMILES string of the molecule is C=CN1CCC2OC2CC1. The summed E-state index contributed by atoms with van der Waals surface area (Å²) in [6.07, 6.45) is 5.49. The Balaban J connectivity index is 1.89. The summed E-state index contributed by atoms with van der Waals surface area (Å²) in [6.45, 7) is 6.01. The maximum Gasteiger partial charge on any atom is 0.0859 e. The third-order valence-electron chi connectivity index (χ3n) is 2.35. The van der Waals surface area contributed by atoms with Crippen molar-refractivity contribution in [2.75, 3.05) is 13.1 Å². The zero-order chi connectivity index (χ0) is 6.97. The van der Waals surface area contributed by atoms with Crippen LogP contribution in [0.2, 0.25) is 0 Å². The first kappa shape index (κ1) is 6.23. The normalized spacial score (nSPS) is 38.2. The van der Waals surface area contributed by atoms with E-state index in [0.29, 0.717) is 12.2 Å². The van der Waals surface area contributed by atoms with Gasteiger partial charge in [-0.3, -0.25) is 0 Å². The summed E-state index contributed by atoms with van der Waals surface area (Å²) >= 11 is 0. The highest BCUT2D eigenvalue weighted by Gasteiger charge is 2.39. The van der Waals surface area contributed by atoms with Crippen LogP contribution < -0.4 is 0 Å². The van der Waals surface area contributed by atoms with Crippen molar-refractivity contribution in [1.82, 2.24) is 4.90 Å². The maximum absolute atomic E-state index is 5.39. The molecule has 0 spiro atoms. The topological polar surface area (TPSA) is 15.8 Å². The smallest absolute Gasteiger partial charge is 0.0859 e. The Hall–Kier alpha value is -0.500. The third kappa shape index (κ3) is 1.03. The van der Waals surface area contributed by atoms with Gasteiger partial charge in [-0.25, -0.2) is 0 Å². The van der Waals surface area contributed by atoms with Crippen LogP contribution in [0.3, 0.4) is 0 Å². The lowest BCUT2D eigenvalue weighted by atomic mass is 10.2. The summed E-state index contributed by atoms with van der Waals surface area (Å²) in [5.41, 5.74) is 0. The van der Waals surface area contributed by atoms with Crippen LogP contribution >= 0.6 is 0 Å². The fraction of sp³-hybridized carbons (Fsp3) is 0.750. The summed E-state index contributed by atoms with van der Waals surface area (Å²) in [5, 5.41) is 0. The molecule has 2 saturated heterocycles. The van der Waals surface area contributed by atoms with Crippen molar-refractivity contribution in [2.24, 2.45) is 0 Å². The predicted molar refractivity (Wildman–Crippen MR) is 39.7 cm³/mol. The van der Waals surface area contributed by atoms with Crippen LogP contribution in [0.4, 0.5) is 0 Å². The second-order valence-electron chi connectivity index (χ2n) is 3.01. The van der Waals surface area contributed by atoms with Gasteiger partial charge < -0.3 is 9.64 Å². The van der Waals surface area contributed by atoms with Gasteiger partial charge in [-0.1, -0.05) is 6.58 Å². The highest BCUT2D eigenvalue weighted by molar-refractivity contribution is 4.90. The van der Waals surface area contributed by atoms with E-state index in [9.17, 15) is 0 Å². The summed E-state index contributed by atoms with van der Waals surface area (Å²) in [5.74, 6) is 0. The first-order valence-electron chi connectivity index (χ1n) is 3.92. The molecule has 2 heterocycles. The molecular formula is C8H13NO. The van der Waals surface area contributed by atoms with Crippen LogP contribution in [0.1, 0.15) is 12.8 Å². The minimum Gasteiger partial charge on any atom is -0.378 e. The zero-order valence-corrected chi connectivity index (χ0v) is 6.12. The molecular weight excluding hydrogens is 126 g/mol. The highest BCUT2D eigenvalue weighted by atomic mass is 16.6. The van der Waals surface area contributed by atoms with E-state index in [2.05, 4.69) is 11.5 Å². The van der Waals surface area contributed by atoms with E-state index in [-0.39, 0.29) is 0 Å². The summed E-state index contributed by atoms with van der Waals surface area (Å²) in [6, 6.07) is 0. The molecule has 2 heteroatoms. The molecule has 2 nitrogen and oxygen atoms in total. The van der Waals surface area contributed by atoms with Crippen molar-refractivity contribution in [3.63, 3.8) is 0 Å². The van der Waals surface area contributed by atoms with Gasteiger partial charge in [0.05, 0.1) is 12.2 Å². The van der Waals surface area contributed by atoms with Gasteiger partial charge in [0.2, 0.25) is 0 Å². The molecule has 0 radical (unpaired) electrons. The molecule has 2 aliphatic rings. The molecule has 56 valence electrons. The Morgan fingerprint density at radius 2 is 1.90 bits per heavy atom. The number of ether oxygens (including phenoxy) is 1. The number of epoxide rings is 1. The number of rotatable bonds is 1. The van der Waals surface area contributed by atoms with Crippen LogP contribution in [-0.4, -0.2) is 30.2 Å². The van der Waals surface area contributed by atoms with E-state index < -0.39 is 0 Å². The summed E-state index contributed by atoms with van der Waals surface area (Å²) in [7, 11) is 0. The second-order valence-corrected chi connectivity index (χ2v) is 3.01. The van der Waals surface area contributed by atoms with Crippen LogP contribution in [0, 0.1) is 0 Å². The number of likely N-dealkylation sites (tertiary alicyclic amines) is 1. The first-order chi connectivity index (χ1) is 4.90. The average molecular weight is 139 g/mol. The maximum atomic E-state index is 5.39. The van der Waals surface area contributed by atoms with Gasteiger partial charge >= 0.3 is 0 Å². The Kier molecular flexibility index (Phi) is 1.42. The molecule has 0 amide bonds. The molecule has 0 aliphatic carbocycles. The Morgan fingerprint density at radius 1 is 1.30 bits per heavy atom. The zero-order valence-electron chi connectivity index (χ0n) is 6.12. The number of fused-ring (bicyclic) bond motifs is 1. The largest absolute Gasteiger partial charge is 0.378 e. The minimum absolute atomic E-state index is 0.588. The summed E-state index contributed by atoms with van der Waals surface area (Å²) < 4.78 is 5.39. The van der Waals surface area contributed by atoms with Crippen LogP contribution in [0.15, 0.2) is 12.8 Å². The monoisotopic (exact) mass is 139 g/mol. The Bertz CT molecular complexity index is 134. The lowest BCUT2D eigenvalue weighted by Crippen LogP contribution is -2.18. The molecule has 0 N–H and O–H groups in total. The van der Waals surface area contributed by atoms with Crippen molar-refractivity contribution >= 4 is 0 Å². The molecule has 0 aromatic rings. The number of nitrogens with zero attached hydrogens (tertiary/aromatic N) is 1. The molecule has 2 aliphatic heterocycles. The van der Waals surface area contributed by atoms with Crippen molar-refractivity contribution in [2.45, 2.75) is 25.0 Å². The van der Waals surface area contributed by atoms with Crippen molar-refractivity contribution in [1.29, 1.82) is 0 Å². The van der Waals surface area contributed by atoms with E-state index in [4.69, 9.17) is 4.74 Å². The Labute approximate surface area is 61.5 Å². The van der Waals surface area contributed by atoms with E-state index in [1.807, 2.05) is 6.20 Å². The van der Waals surface area contributed by atoms with E-state index in [1.54, 1.807) is 0 Å². The first-order valence-corrected chi connectivity index (χ1v) is 3.92. The Morgan fingerprint density at radius 3 is 2.40 bits per heavy atom. The molecule has 10 heavy (non-hydrogen) atoms. The van der Waals surface area contributed by atoms with Crippen LogP contribution in [0.25, 0.3) is 0 Å². The molecule has 0 aromatic carbocycles. The average Bonchev–Trinajstić information content (AvgIpc) is 2.63. The molecule has 0 saturated carbocycles. The van der Waals surface area contributed by atoms with Gasteiger partial charge in [0, 0.05) is 13.1 Å². The minimum atomic E-state index is 0.588. The number of hydrogen-bond acceptors (Lipinski definition) is 2. The van der Waals surface area contributed by atoms with Gasteiger partial charge in [0.25, 0.3) is 0 Å². The van der Waals surface area contributed by atoms with E-state index in [0.717, 1.165) is 13.1 Å². The van der Waals surface area contributed by atoms with Crippen molar-refractivity contribution in [3.8, 4) is 0 Å². The summed E-state index contributed by atoms with van der Waals surface area (Å²) in [4.78, 5) is 2.27. The molecule has 0 aromatic heterocycles. The molecule has 2 rings (SSSR count).